The Morgan fingerprint density at radius 1 is 0.550 bits per heavy atom. The molecule has 2 aromatic carbocycles. The smallest absolute Gasteiger partial charge is 0.248 e. The van der Waals surface area contributed by atoms with Crippen molar-refractivity contribution in [2.45, 2.75) is 99.9 Å². The van der Waals surface area contributed by atoms with Gasteiger partial charge in [-0.05, 0) is 77.9 Å². The van der Waals surface area contributed by atoms with Gasteiger partial charge in [-0.15, -0.1) is 0 Å². The van der Waals surface area contributed by atoms with E-state index < -0.39 is 79.7 Å². The molecule has 2 aromatic rings. The van der Waals surface area contributed by atoms with E-state index in [9.17, 15) is 36.0 Å². The molecule has 10 unspecified atom stereocenters. The van der Waals surface area contributed by atoms with Crippen LogP contribution in [0.1, 0.15) is 64.8 Å². The number of carbonyl (C=O) groups excluding carboxylic acids is 4. The number of carbonyl (C=O) groups is 4. The summed E-state index contributed by atoms with van der Waals surface area (Å²) < 4.78 is 83.4. The first kappa shape index (κ1) is 42.7. The van der Waals surface area contributed by atoms with Crippen molar-refractivity contribution in [3.63, 3.8) is 0 Å². The number of amides is 4. The fourth-order valence-electron chi connectivity index (χ4n) is 10.3. The van der Waals surface area contributed by atoms with Gasteiger partial charge in [0.1, 0.15) is 23.6 Å². The minimum absolute atomic E-state index is 0.0244. The largest absolute Gasteiger partial charge is 0.496 e. The molecular formula is C40H52N6O12S2. The number of benzene rings is 2. The van der Waals surface area contributed by atoms with Gasteiger partial charge in [0.05, 0.1) is 72.3 Å². The van der Waals surface area contributed by atoms with Crippen LogP contribution < -0.4 is 9.47 Å². The molecule has 18 nitrogen and oxygen atoms in total. The van der Waals surface area contributed by atoms with Crippen LogP contribution in [0.4, 0.5) is 0 Å². The molecule has 6 fully saturated rings. The molecule has 0 saturated carbocycles. The Bertz CT molecular complexity index is 2170. The Morgan fingerprint density at radius 2 is 0.883 bits per heavy atom. The quantitative estimate of drug-likeness (QED) is 0.311. The summed E-state index contributed by atoms with van der Waals surface area (Å²) >= 11 is 0. The average molecular weight is 873 g/mol. The molecule has 20 heteroatoms. The van der Waals surface area contributed by atoms with Gasteiger partial charge in [-0.3, -0.25) is 29.0 Å². The molecule has 6 saturated heterocycles. The van der Waals surface area contributed by atoms with E-state index in [0.29, 0.717) is 0 Å². The molecule has 0 aromatic heterocycles. The summed E-state index contributed by atoms with van der Waals surface area (Å²) in [5.41, 5.74) is 0.441. The van der Waals surface area contributed by atoms with Crippen molar-refractivity contribution in [2.75, 3.05) is 53.5 Å². The average Bonchev–Trinajstić information content (AvgIpc) is 3.87. The van der Waals surface area contributed by atoms with E-state index in [4.69, 9.17) is 18.9 Å². The Morgan fingerprint density at radius 3 is 1.18 bits per heavy atom. The van der Waals surface area contributed by atoms with Crippen LogP contribution >= 0.6 is 0 Å². The summed E-state index contributed by atoms with van der Waals surface area (Å²) in [4.78, 5) is 60.4. The number of imide groups is 2. The number of nitrogens with zero attached hydrogens (tertiary/aromatic N) is 6. The van der Waals surface area contributed by atoms with Gasteiger partial charge in [0.15, 0.2) is 0 Å². The number of methoxy groups -OCH3 is 2. The number of hydrogen-bond donors (Lipinski definition) is 0. The highest BCUT2D eigenvalue weighted by Gasteiger charge is 2.73. The van der Waals surface area contributed by atoms with E-state index in [1.165, 1.54) is 59.2 Å². The second-order valence-corrected chi connectivity index (χ2v) is 20.3. The fourth-order valence-corrected chi connectivity index (χ4v) is 13.6. The van der Waals surface area contributed by atoms with Crippen LogP contribution in [0.15, 0.2) is 46.2 Å². The van der Waals surface area contributed by atoms with E-state index in [2.05, 4.69) is 0 Å². The number of fused-ring (bicyclic) bond motifs is 5. The Labute approximate surface area is 350 Å². The lowest BCUT2D eigenvalue weighted by atomic mass is 9.83. The number of likely N-dealkylation sites (tertiary alicyclic amines) is 2. The van der Waals surface area contributed by atoms with Crippen LogP contribution in [-0.2, 0) is 48.7 Å². The van der Waals surface area contributed by atoms with Gasteiger partial charge in [-0.2, -0.15) is 8.61 Å². The Balaban J connectivity index is 1.33. The standard InChI is InChI=1S/C40H52N6O12S2/c1-9-43-37(47)31-33(27-15-25(11-13-29(27)55-7)59(51,52)41-17-21(3)57-22(4)18-41)46-36-32(38(48)44(10-2)40(36)50)34(45(46)35(31)39(43)49)28-16-26(12-14-30(28)56-8)60(53,54)42-19-23(5)58-24(6)20-42/h11-16,21-24,31-36H,9-10,17-20H2,1-8H3. The molecule has 0 bridgehead atoms. The monoisotopic (exact) mass is 872 g/mol. The van der Waals surface area contributed by atoms with Gasteiger partial charge in [-0.25, -0.2) is 26.9 Å². The molecule has 0 N–H and O–H groups in total. The summed E-state index contributed by atoms with van der Waals surface area (Å²) in [7, 11) is -5.50. The SMILES string of the molecule is CCN1C(=O)C2C(C1=O)N1C(c3cc(S(=O)(=O)N4CC(C)OC(C)C4)ccc3OC)C3C(=O)N(CC)C(=O)C3N1C2c1cc(S(=O)(=O)N2CC(C)OC(C)C2)ccc1OC. The minimum atomic E-state index is -4.15. The zero-order chi connectivity index (χ0) is 43.3. The van der Waals surface area contributed by atoms with Crippen LogP contribution in [0.5, 0.6) is 11.5 Å². The lowest BCUT2D eigenvalue weighted by Crippen LogP contribution is -2.50. The third-order valence-electron chi connectivity index (χ3n) is 12.6. The molecule has 60 heavy (non-hydrogen) atoms. The van der Waals surface area contributed by atoms with Crippen LogP contribution in [0, 0.1) is 11.8 Å². The van der Waals surface area contributed by atoms with Crippen molar-refractivity contribution in [1.29, 1.82) is 0 Å². The predicted molar refractivity (Wildman–Crippen MR) is 212 cm³/mol. The number of morpholine rings is 2. The first-order valence-electron chi connectivity index (χ1n) is 20.3. The van der Waals surface area contributed by atoms with E-state index in [-0.39, 0.29) is 96.1 Å². The van der Waals surface area contributed by atoms with Crippen molar-refractivity contribution in [3.05, 3.63) is 47.5 Å². The maximum atomic E-state index is 14.6. The number of likely N-dealkylation sites (N-methyl/N-ethyl adjacent to an activating group) is 2. The van der Waals surface area contributed by atoms with Crippen LogP contribution in [0.3, 0.4) is 0 Å². The number of hydrazine groups is 1. The minimum Gasteiger partial charge on any atom is -0.496 e. The molecule has 0 aliphatic carbocycles. The van der Waals surface area contributed by atoms with Crippen molar-refractivity contribution in [2.24, 2.45) is 11.8 Å². The Kier molecular flexibility index (Phi) is 11.0. The lowest BCUT2D eigenvalue weighted by molar-refractivity contribution is -0.152. The molecule has 8 rings (SSSR count). The van der Waals surface area contributed by atoms with Crippen molar-refractivity contribution in [3.8, 4) is 11.5 Å². The van der Waals surface area contributed by atoms with E-state index >= 15 is 0 Å². The van der Waals surface area contributed by atoms with Crippen LogP contribution in [0.2, 0.25) is 0 Å². The van der Waals surface area contributed by atoms with Gasteiger partial charge in [-0.1, -0.05) is 0 Å². The number of hydrogen-bond acceptors (Lipinski definition) is 14. The summed E-state index contributed by atoms with van der Waals surface area (Å²) in [5, 5.41) is 3.17. The zero-order valence-corrected chi connectivity index (χ0v) is 36.5. The highest BCUT2D eigenvalue weighted by Crippen LogP contribution is 2.61. The molecule has 6 aliphatic heterocycles. The fraction of sp³-hybridized carbons (Fsp3) is 0.600. The number of ether oxygens (including phenoxy) is 4. The van der Waals surface area contributed by atoms with E-state index in [1.54, 1.807) is 51.6 Å². The molecule has 0 spiro atoms. The van der Waals surface area contributed by atoms with Gasteiger partial charge >= 0.3 is 0 Å². The summed E-state index contributed by atoms with van der Waals surface area (Å²) in [6, 6.07) is 3.74. The molecule has 10 atom stereocenters. The molecule has 6 heterocycles. The molecule has 326 valence electrons. The molecule has 4 amide bonds. The first-order valence-corrected chi connectivity index (χ1v) is 23.2. The number of sulfonamides is 2. The van der Waals surface area contributed by atoms with E-state index in [0.717, 1.165) is 9.80 Å². The first-order chi connectivity index (χ1) is 28.4. The van der Waals surface area contributed by atoms with E-state index in [1.807, 2.05) is 0 Å². The maximum absolute atomic E-state index is 14.6. The normalized spacial score (nSPS) is 33.1. The topological polar surface area (TPSA) is 193 Å². The Hall–Kier alpha value is -4.02. The summed E-state index contributed by atoms with van der Waals surface area (Å²) in [5.74, 6) is -4.23. The predicted octanol–water partition coefficient (Wildman–Crippen LogP) is 1.38. The van der Waals surface area contributed by atoms with Crippen molar-refractivity contribution >= 4 is 43.7 Å². The van der Waals surface area contributed by atoms with Gasteiger partial charge in [0.25, 0.3) is 0 Å². The lowest BCUT2D eigenvalue weighted by Gasteiger charge is -2.37. The summed E-state index contributed by atoms with van der Waals surface area (Å²) in [6.45, 7) is 11.0. The molecule has 0 radical (unpaired) electrons. The highest BCUT2D eigenvalue weighted by atomic mass is 32.2. The highest BCUT2D eigenvalue weighted by molar-refractivity contribution is 7.89. The van der Waals surface area contributed by atoms with Crippen LogP contribution in [0.25, 0.3) is 0 Å². The second-order valence-electron chi connectivity index (χ2n) is 16.4. The van der Waals surface area contributed by atoms with Crippen molar-refractivity contribution < 1.29 is 55.0 Å². The molecule has 6 aliphatic rings. The van der Waals surface area contributed by atoms with Gasteiger partial charge < -0.3 is 18.9 Å². The van der Waals surface area contributed by atoms with Crippen molar-refractivity contribution in [1.82, 2.24) is 28.4 Å². The zero-order valence-electron chi connectivity index (χ0n) is 34.9. The third kappa shape index (κ3) is 6.39. The van der Waals surface area contributed by atoms with Gasteiger partial charge in [0, 0.05) is 50.4 Å². The molecular weight excluding hydrogens is 821 g/mol. The van der Waals surface area contributed by atoms with Gasteiger partial charge in [0.2, 0.25) is 43.7 Å². The maximum Gasteiger partial charge on any atom is 0.248 e. The second kappa shape index (κ2) is 15.4. The summed E-state index contributed by atoms with van der Waals surface area (Å²) in [6.07, 6.45) is -1.48. The number of rotatable bonds is 10. The third-order valence-corrected chi connectivity index (χ3v) is 16.3. The van der Waals surface area contributed by atoms with Crippen LogP contribution in [-0.4, -0.2) is 159 Å².